The van der Waals surface area contributed by atoms with E-state index < -0.39 is 0 Å². The molecule has 0 amide bonds. The van der Waals surface area contributed by atoms with Crippen molar-refractivity contribution in [3.63, 3.8) is 0 Å². The van der Waals surface area contributed by atoms with E-state index in [-0.39, 0.29) is 0 Å². The van der Waals surface area contributed by atoms with Crippen molar-refractivity contribution < 1.29 is 4.79 Å². The summed E-state index contributed by atoms with van der Waals surface area (Å²) in [6, 6.07) is 3.77. The van der Waals surface area contributed by atoms with E-state index in [1.54, 1.807) is 11.3 Å². The van der Waals surface area contributed by atoms with Crippen molar-refractivity contribution in [3.8, 4) is 0 Å². The molecule has 0 spiro atoms. The van der Waals surface area contributed by atoms with Crippen LogP contribution >= 0.6 is 27.3 Å². The molecule has 0 aliphatic carbocycles. The molecule has 2 nitrogen and oxygen atoms in total. The first kappa shape index (κ1) is 7.89. The van der Waals surface area contributed by atoms with Crippen molar-refractivity contribution in [3.05, 3.63) is 27.7 Å². The van der Waals surface area contributed by atoms with Gasteiger partial charge in [0.2, 0.25) is 0 Å². The predicted octanol–water partition coefficient (Wildman–Crippen LogP) is 2.87. The molecule has 12 heavy (non-hydrogen) atoms. The Morgan fingerprint density at radius 1 is 1.58 bits per heavy atom. The second-order valence-electron chi connectivity index (χ2n) is 2.29. The van der Waals surface area contributed by atoms with Crippen molar-refractivity contribution in [1.29, 1.82) is 0 Å². The summed E-state index contributed by atoms with van der Waals surface area (Å²) in [5.74, 6) is 0. The molecular formula is C8H4BrNOS. The molecule has 0 fully saturated rings. The molecule has 0 atom stereocenters. The lowest BCUT2D eigenvalue weighted by Crippen LogP contribution is -1.85. The summed E-state index contributed by atoms with van der Waals surface area (Å²) in [6.07, 6.45) is 0.802. The summed E-state index contributed by atoms with van der Waals surface area (Å²) in [5, 5.41) is 1.96. The highest BCUT2D eigenvalue weighted by Crippen LogP contribution is 2.23. The molecule has 0 N–H and O–H groups in total. The van der Waals surface area contributed by atoms with E-state index in [1.165, 1.54) is 0 Å². The first-order chi connectivity index (χ1) is 5.81. The summed E-state index contributed by atoms with van der Waals surface area (Å²) in [5.41, 5.74) is 1.53. The number of carbonyl (C=O) groups excluding carboxylic acids is 1. The largest absolute Gasteiger partial charge is 0.298 e. The minimum atomic E-state index is 0.602. The lowest BCUT2D eigenvalue weighted by Gasteiger charge is -1.94. The summed E-state index contributed by atoms with van der Waals surface area (Å²) in [7, 11) is 0. The van der Waals surface area contributed by atoms with Crippen LogP contribution < -0.4 is 0 Å². The fourth-order valence-electron chi connectivity index (χ4n) is 0.968. The normalized spacial score (nSPS) is 10.4. The van der Waals surface area contributed by atoms with Gasteiger partial charge in [0.1, 0.15) is 4.60 Å². The van der Waals surface area contributed by atoms with Crippen LogP contribution in [0.2, 0.25) is 0 Å². The van der Waals surface area contributed by atoms with Gasteiger partial charge in [-0.1, -0.05) is 0 Å². The average Bonchev–Trinajstić information content (AvgIpc) is 2.49. The second kappa shape index (κ2) is 2.95. The van der Waals surface area contributed by atoms with Crippen LogP contribution in [0.3, 0.4) is 0 Å². The Hall–Kier alpha value is -0.740. The van der Waals surface area contributed by atoms with E-state index in [4.69, 9.17) is 0 Å². The van der Waals surface area contributed by atoms with Gasteiger partial charge in [-0.25, -0.2) is 4.98 Å². The van der Waals surface area contributed by atoms with E-state index >= 15 is 0 Å². The maximum atomic E-state index is 10.5. The van der Waals surface area contributed by atoms with Crippen LogP contribution in [-0.4, -0.2) is 11.3 Å². The Bertz CT molecular complexity index is 438. The third kappa shape index (κ3) is 1.17. The highest BCUT2D eigenvalue weighted by atomic mass is 79.9. The van der Waals surface area contributed by atoms with Gasteiger partial charge in [0.15, 0.2) is 6.29 Å². The van der Waals surface area contributed by atoms with Crippen molar-refractivity contribution in [2.45, 2.75) is 0 Å². The molecule has 0 bridgehead atoms. The molecule has 0 saturated carbocycles. The zero-order chi connectivity index (χ0) is 8.55. The fourth-order valence-corrected chi connectivity index (χ4v) is 2.14. The summed E-state index contributed by atoms with van der Waals surface area (Å²) in [4.78, 5) is 14.7. The number of rotatable bonds is 1. The first-order valence-electron chi connectivity index (χ1n) is 3.30. The average molecular weight is 242 g/mol. The lowest BCUT2D eigenvalue weighted by molar-refractivity contribution is 0.112. The number of carbonyl (C=O) groups is 1. The minimum absolute atomic E-state index is 0.602. The lowest BCUT2D eigenvalue weighted by atomic mass is 10.3. The van der Waals surface area contributed by atoms with Gasteiger partial charge in [0, 0.05) is 5.56 Å². The molecule has 0 saturated heterocycles. The van der Waals surface area contributed by atoms with E-state index in [2.05, 4.69) is 20.9 Å². The third-order valence-corrected chi connectivity index (χ3v) is 3.03. The summed E-state index contributed by atoms with van der Waals surface area (Å²) >= 11 is 4.81. The van der Waals surface area contributed by atoms with Crippen LogP contribution in [0.1, 0.15) is 10.4 Å². The maximum absolute atomic E-state index is 10.5. The molecule has 0 aliphatic heterocycles. The highest BCUT2D eigenvalue weighted by molar-refractivity contribution is 9.10. The van der Waals surface area contributed by atoms with Gasteiger partial charge in [-0.15, -0.1) is 11.3 Å². The Kier molecular flexibility index (Phi) is 1.94. The van der Waals surface area contributed by atoms with Gasteiger partial charge in [-0.2, -0.15) is 0 Å². The van der Waals surface area contributed by atoms with Crippen LogP contribution in [0.15, 0.2) is 22.1 Å². The van der Waals surface area contributed by atoms with Gasteiger partial charge in [-0.3, -0.25) is 4.79 Å². The van der Waals surface area contributed by atoms with Crippen molar-refractivity contribution in [2.24, 2.45) is 0 Å². The monoisotopic (exact) mass is 241 g/mol. The van der Waals surface area contributed by atoms with Crippen LogP contribution in [0, 0.1) is 0 Å². The van der Waals surface area contributed by atoms with Crippen LogP contribution in [0.5, 0.6) is 0 Å². The number of aromatic nitrogens is 1. The molecule has 2 heterocycles. The SMILES string of the molecule is O=Cc1cc2sccc2nc1Br. The van der Waals surface area contributed by atoms with E-state index in [9.17, 15) is 4.79 Å². The third-order valence-electron chi connectivity index (χ3n) is 1.54. The Balaban J connectivity index is 2.81. The molecule has 60 valence electrons. The maximum Gasteiger partial charge on any atom is 0.152 e. The molecule has 2 aromatic rings. The van der Waals surface area contributed by atoms with E-state index in [0.717, 1.165) is 16.5 Å². The summed E-state index contributed by atoms with van der Waals surface area (Å²) < 4.78 is 1.66. The van der Waals surface area contributed by atoms with Crippen molar-refractivity contribution in [2.75, 3.05) is 0 Å². The predicted molar refractivity (Wildman–Crippen MR) is 52.7 cm³/mol. The molecule has 0 unspecified atom stereocenters. The van der Waals surface area contributed by atoms with Crippen molar-refractivity contribution >= 4 is 43.8 Å². The molecule has 2 aromatic heterocycles. The van der Waals surface area contributed by atoms with E-state index in [0.29, 0.717) is 10.2 Å². The molecule has 0 aromatic carbocycles. The Morgan fingerprint density at radius 3 is 3.17 bits per heavy atom. The fraction of sp³-hybridized carbons (Fsp3) is 0. The molecule has 4 heteroatoms. The second-order valence-corrected chi connectivity index (χ2v) is 3.99. The smallest absolute Gasteiger partial charge is 0.152 e. The first-order valence-corrected chi connectivity index (χ1v) is 4.97. The van der Waals surface area contributed by atoms with E-state index in [1.807, 2.05) is 17.5 Å². The number of fused-ring (bicyclic) bond motifs is 1. The van der Waals surface area contributed by atoms with Crippen LogP contribution in [0.4, 0.5) is 0 Å². The standard InChI is InChI=1S/C8H4BrNOS/c9-8-5(4-11)3-7-6(10-8)1-2-12-7/h1-4H. The number of thiophene rings is 1. The quantitative estimate of drug-likeness (QED) is 0.568. The topological polar surface area (TPSA) is 30.0 Å². The van der Waals surface area contributed by atoms with Gasteiger partial charge in [0.05, 0.1) is 10.2 Å². The number of nitrogens with zero attached hydrogens (tertiary/aromatic N) is 1. The number of halogens is 1. The molecular weight excluding hydrogens is 238 g/mol. The van der Waals surface area contributed by atoms with Gasteiger partial charge in [-0.05, 0) is 33.4 Å². The number of aldehydes is 1. The summed E-state index contributed by atoms with van der Waals surface area (Å²) in [6.45, 7) is 0. The van der Waals surface area contributed by atoms with Gasteiger partial charge < -0.3 is 0 Å². The Morgan fingerprint density at radius 2 is 2.42 bits per heavy atom. The zero-order valence-corrected chi connectivity index (χ0v) is 8.35. The van der Waals surface area contributed by atoms with Gasteiger partial charge in [0.25, 0.3) is 0 Å². The molecule has 0 aliphatic rings. The number of hydrogen-bond donors (Lipinski definition) is 0. The minimum Gasteiger partial charge on any atom is -0.298 e. The molecule has 0 radical (unpaired) electrons. The van der Waals surface area contributed by atoms with Crippen LogP contribution in [0.25, 0.3) is 10.2 Å². The Labute approximate surface area is 81.4 Å². The number of hydrogen-bond acceptors (Lipinski definition) is 3. The number of pyridine rings is 1. The van der Waals surface area contributed by atoms with Crippen molar-refractivity contribution in [1.82, 2.24) is 4.98 Å². The molecule has 2 rings (SSSR count). The zero-order valence-electron chi connectivity index (χ0n) is 5.95. The van der Waals surface area contributed by atoms with Gasteiger partial charge >= 0.3 is 0 Å². The highest BCUT2D eigenvalue weighted by Gasteiger charge is 2.03. The van der Waals surface area contributed by atoms with Crippen LogP contribution in [-0.2, 0) is 0 Å².